The Bertz CT molecular complexity index is 438. The molecular formula is C18H28O4. The van der Waals surface area contributed by atoms with Crippen LogP contribution in [0.4, 0.5) is 0 Å². The van der Waals surface area contributed by atoms with E-state index in [0.29, 0.717) is 6.42 Å². The molecule has 5 atom stereocenters. The van der Waals surface area contributed by atoms with Crippen LogP contribution in [0, 0.1) is 17.8 Å². The highest BCUT2D eigenvalue weighted by molar-refractivity contribution is 5.74. The number of hydrogen-bond donors (Lipinski definition) is 1. The van der Waals surface area contributed by atoms with Gasteiger partial charge in [0.25, 0.3) is 0 Å². The van der Waals surface area contributed by atoms with Crippen LogP contribution in [0.5, 0.6) is 0 Å². The zero-order valence-corrected chi connectivity index (χ0v) is 13.7. The lowest BCUT2D eigenvalue weighted by atomic mass is 9.83. The summed E-state index contributed by atoms with van der Waals surface area (Å²) in [4.78, 5) is 12.4. The Balaban J connectivity index is 1.54. The lowest BCUT2D eigenvalue weighted by molar-refractivity contribution is -0.218. The van der Waals surface area contributed by atoms with Gasteiger partial charge in [0.2, 0.25) is 6.29 Å². The minimum Gasteiger partial charge on any atom is -0.436 e. The van der Waals surface area contributed by atoms with Crippen LogP contribution in [0.1, 0.15) is 58.8 Å². The molecule has 124 valence electrons. The maximum atomic E-state index is 12.4. The van der Waals surface area contributed by atoms with Crippen LogP contribution in [0.3, 0.4) is 0 Å². The number of ether oxygens (including phenoxy) is 2. The number of esters is 1. The third kappa shape index (κ3) is 2.95. The minimum absolute atomic E-state index is 0.0699. The van der Waals surface area contributed by atoms with Gasteiger partial charge in [-0.25, -0.2) is 0 Å². The maximum Gasteiger partial charge on any atom is 0.311 e. The van der Waals surface area contributed by atoms with Crippen LogP contribution >= 0.6 is 0 Å². The number of aliphatic hydroxyl groups is 1. The number of aliphatic hydroxyl groups excluding tert-OH is 1. The quantitative estimate of drug-likeness (QED) is 0.481. The molecule has 0 saturated heterocycles. The van der Waals surface area contributed by atoms with Crippen LogP contribution in [0.2, 0.25) is 0 Å². The van der Waals surface area contributed by atoms with E-state index in [4.69, 9.17) is 9.47 Å². The van der Waals surface area contributed by atoms with E-state index in [0.717, 1.165) is 19.3 Å². The fourth-order valence-corrected chi connectivity index (χ4v) is 4.46. The number of carbonyl (C=O) groups is 1. The van der Waals surface area contributed by atoms with Gasteiger partial charge < -0.3 is 14.6 Å². The molecule has 0 heterocycles. The maximum absolute atomic E-state index is 12.4. The SMILES string of the molecule is CCC1(OC(C)OC(=O)C2CC3C=CC2C3O)CCCCC1. The zero-order chi connectivity index (χ0) is 15.7. The highest BCUT2D eigenvalue weighted by atomic mass is 16.7. The van der Waals surface area contributed by atoms with Crippen molar-refractivity contribution in [3.8, 4) is 0 Å². The van der Waals surface area contributed by atoms with Crippen LogP contribution in [0.25, 0.3) is 0 Å². The van der Waals surface area contributed by atoms with Crippen molar-refractivity contribution < 1.29 is 19.4 Å². The molecular weight excluding hydrogens is 280 g/mol. The Morgan fingerprint density at radius 1 is 1.32 bits per heavy atom. The van der Waals surface area contributed by atoms with Gasteiger partial charge in [-0.3, -0.25) is 4.79 Å². The standard InChI is InChI=1S/C18H28O4/c1-3-18(9-5-4-6-10-18)22-12(2)21-17(20)15-11-13-7-8-14(15)16(13)19/h7-8,12-16,19H,3-6,9-11H2,1-2H3. The molecule has 3 aliphatic rings. The highest BCUT2D eigenvalue weighted by Crippen LogP contribution is 2.44. The van der Waals surface area contributed by atoms with Gasteiger partial charge in [-0.05, 0) is 32.6 Å². The first-order chi connectivity index (χ1) is 10.5. The molecule has 0 aliphatic heterocycles. The largest absolute Gasteiger partial charge is 0.436 e. The second kappa shape index (κ2) is 6.32. The van der Waals surface area contributed by atoms with Crippen LogP contribution < -0.4 is 0 Å². The van der Waals surface area contributed by atoms with E-state index in [1.54, 1.807) is 0 Å². The molecule has 2 bridgehead atoms. The van der Waals surface area contributed by atoms with Gasteiger partial charge in [0.05, 0.1) is 17.6 Å². The number of carbonyl (C=O) groups excluding carboxylic acids is 1. The van der Waals surface area contributed by atoms with Gasteiger partial charge in [0.15, 0.2) is 0 Å². The van der Waals surface area contributed by atoms with Crippen molar-refractivity contribution in [1.29, 1.82) is 0 Å². The molecule has 5 unspecified atom stereocenters. The first-order valence-corrected chi connectivity index (χ1v) is 8.79. The van der Waals surface area contributed by atoms with Crippen LogP contribution in [-0.2, 0) is 14.3 Å². The second-order valence-electron chi connectivity index (χ2n) is 7.18. The summed E-state index contributed by atoms with van der Waals surface area (Å²) in [6.07, 6.45) is 10.5. The molecule has 3 aliphatic carbocycles. The minimum atomic E-state index is -0.509. The van der Waals surface area contributed by atoms with Gasteiger partial charge >= 0.3 is 5.97 Å². The summed E-state index contributed by atoms with van der Waals surface area (Å²) in [6, 6.07) is 0. The van der Waals surface area contributed by atoms with E-state index in [9.17, 15) is 9.90 Å². The molecule has 0 aromatic carbocycles. The van der Waals surface area contributed by atoms with Crippen LogP contribution in [-0.4, -0.2) is 29.1 Å². The van der Waals surface area contributed by atoms with E-state index in [-0.39, 0.29) is 29.3 Å². The summed E-state index contributed by atoms with van der Waals surface area (Å²) in [5.41, 5.74) is -0.119. The normalized spacial score (nSPS) is 37.2. The molecule has 0 aromatic heterocycles. The first kappa shape index (κ1) is 16.0. The Morgan fingerprint density at radius 3 is 2.59 bits per heavy atom. The van der Waals surface area contributed by atoms with Gasteiger partial charge in [-0.1, -0.05) is 38.3 Å². The van der Waals surface area contributed by atoms with E-state index >= 15 is 0 Å². The van der Waals surface area contributed by atoms with Crippen molar-refractivity contribution in [2.24, 2.45) is 17.8 Å². The van der Waals surface area contributed by atoms with Gasteiger partial charge in [-0.2, -0.15) is 0 Å². The van der Waals surface area contributed by atoms with Crippen molar-refractivity contribution in [1.82, 2.24) is 0 Å². The van der Waals surface area contributed by atoms with Crippen LogP contribution in [0.15, 0.2) is 12.2 Å². The van der Waals surface area contributed by atoms with E-state index in [1.165, 1.54) is 19.3 Å². The Hall–Kier alpha value is -0.870. The fraction of sp³-hybridized carbons (Fsp3) is 0.833. The van der Waals surface area contributed by atoms with Crippen molar-refractivity contribution in [3.63, 3.8) is 0 Å². The molecule has 2 fully saturated rings. The number of fused-ring (bicyclic) bond motifs is 2. The van der Waals surface area contributed by atoms with E-state index in [2.05, 4.69) is 6.92 Å². The summed E-state index contributed by atoms with van der Waals surface area (Å²) in [7, 11) is 0. The second-order valence-corrected chi connectivity index (χ2v) is 7.18. The van der Waals surface area contributed by atoms with E-state index in [1.807, 2.05) is 19.1 Å². The Kier molecular flexibility index (Phi) is 4.60. The summed E-state index contributed by atoms with van der Waals surface area (Å²) in [6.45, 7) is 3.97. The Labute approximate surface area is 132 Å². The fourth-order valence-electron chi connectivity index (χ4n) is 4.46. The van der Waals surface area contributed by atoms with Crippen molar-refractivity contribution in [2.75, 3.05) is 0 Å². The lowest BCUT2D eigenvalue weighted by Crippen LogP contribution is -2.39. The molecule has 1 N–H and O–H groups in total. The first-order valence-electron chi connectivity index (χ1n) is 8.79. The zero-order valence-electron chi connectivity index (χ0n) is 13.7. The lowest BCUT2D eigenvalue weighted by Gasteiger charge is -2.38. The molecule has 2 saturated carbocycles. The summed E-state index contributed by atoms with van der Waals surface area (Å²) < 4.78 is 11.7. The summed E-state index contributed by atoms with van der Waals surface area (Å²) in [5.74, 6) is -0.371. The molecule has 22 heavy (non-hydrogen) atoms. The van der Waals surface area contributed by atoms with Crippen molar-refractivity contribution >= 4 is 5.97 Å². The smallest absolute Gasteiger partial charge is 0.311 e. The predicted octanol–water partition coefficient (Wildman–Crippen LogP) is 3.19. The van der Waals surface area contributed by atoms with Gasteiger partial charge in [0, 0.05) is 11.8 Å². The molecule has 4 heteroatoms. The van der Waals surface area contributed by atoms with Gasteiger partial charge in [-0.15, -0.1) is 0 Å². The third-order valence-corrected chi connectivity index (χ3v) is 5.81. The van der Waals surface area contributed by atoms with E-state index < -0.39 is 12.4 Å². The molecule has 3 rings (SSSR count). The number of hydrogen-bond acceptors (Lipinski definition) is 4. The predicted molar refractivity (Wildman–Crippen MR) is 83.0 cm³/mol. The van der Waals surface area contributed by atoms with Crippen molar-refractivity contribution in [3.05, 3.63) is 12.2 Å². The molecule has 0 amide bonds. The summed E-state index contributed by atoms with van der Waals surface area (Å²) >= 11 is 0. The molecule has 4 nitrogen and oxygen atoms in total. The topological polar surface area (TPSA) is 55.8 Å². The monoisotopic (exact) mass is 308 g/mol. The molecule has 0 spiro atoms. The molecule has 0 aromatic rings. The van der Waals surface area contributed by atoms with Gasteiger partial charge in [0.1, 0.15) is 0 Å². The number of rotatable bonds is 5. The highest BCUT2D eigenvalue weighted by Gasteiger charge is 2.48. The summed E-state index contributed by atoms with van der Waals surface area (Å²) in [5, 5.41) is 10.0. The average molecular weight is 308 g/mol. The Morgan fingerprint density at radius 2 is 2.05 bits per heavy atom. The van der Waals surface area contributed by atoms with Crippen molar-refractivity contribution in [2.45, 2.75) is 76.8 Å². The molecule has 0 radical (unpaired) electrons. The third-order valence-electron chi connectivity index (χ3n) is 5.81. The average Bonchev–Trinajstić information content (AvgIpc) is 3.03.